The zero-order valence-corrected chi connectivity index (χ0v) is 11.1. The molecule has 2 rings (SSSR count). The number of nitrogens with zero attached hydrogens (tertiary/aromatic N) is 1. The standard InChI is InChI=1S/C13H16BrNO/c1-2-13(16)11-6-5-10(14)9-12(11)15-7-3-4-8-15/h5-6,9H,2-4,7-8H2,1H3. The fourth-order valence-electron chi connectivity index (χ4n) is 2.15. The van der Waals surface area contributed by atoms with Gasteiger partial charge in [-0.15, -0.1) is 0 Å². The Morgan fingerprint density at radius 1 is 1.38 bits per heavy atom. The Hall–Kier alpha value is -0.830. The zero-order valence-electron chi connectivity index (χ0n) is 9.50. The van der Waals surface area contributed by atoms with Gasteiger partial charge in [-0.1, -0.05) is 22.9 Å². The molecule has 0 bridgehead atoms. The first kappa shape index (κ1) is 11.6. The molecule has 0 spiro atoms. The van der Waals surface area contributed by atoms with Crippen molar-refractivity contribution in [3.8, 4) is 0 Å². The first-order valence-corrected chi connectivity index (χ1v) is 6.59. The monoisotopic (exact) mass is 281 g/mol. The average Bonchev–Trinajstić information content (AvgIpc) is 2.81. The molecule has 1 heterocycles. The van der Waals surface area contributed by atoms with Gasteiger partial charge in [-0.05, 0) is 31.0 Å². The van der Waals surface area contributed by atoms with Crippen molar-refractivity contribution >= 4 is 27.4 Å². The van der Waals surface area contributed by atoms with Crippen molar-refractivity contribution in [3.05, 3.63) is 28.2 Å². The van der Waals surface area contributed by atoms with E-state index in [1.165, 1.54) is 12.8 Å². The Morgan fingerprint density at radius 2 is 2.06 bits per heavy atom. The lowest BCUT2D eigenvalue weighted by Gasteiger charge is -2.21. The third-order valence-corrected chi connectivity index (χ3v) is 3.52. The quantitative estimate of drug-likeness (QED) is 0.789. The Balaban J connectivity index is 2.39. The molecule has 1 aliphatic heterocycles. The molecule has 0 radical (unpaired) electrons. The van der Waals surface area contributed by atoms with Crippen LogP contribution in [-0.4, -0.2) is 18.9 Å². The molecule has 86 valence electrons. The summed E-state index contributed by atoms with van der Waals surface area (Å²) in [4.78, 5) is 14.2. The maximum Gasteiger partial charge on any atom is 0.164 e. The van der Waals surface area contributed by atoms with Crippen molar-refractivity contribution in [2.24, 2.45) is 0 Å². The van der Waals surface area contributed by atoms with E-state index in [1.807, 2.05) is 19.1 Å². The number of anilines is 1. The second-order valence-electron chi connectivity index (χ2n) is 4.13. The Labute approximate surface area is 105 Å². The molecule has 0 atom stereocenters. The number of hydrogen-bond acceptors (Lipinski definition) is 2. The van der Waals surface area contributed by atoms with Crippen LogP contribution in [0.3, 0.4) is 0 Å². The minimum atomic E-state index is 0.231. The lowest BCUT2D eigenvalue weighted by Crippen LogP contribution is -2.20. The molecule has 0 N–H and O–H groups in total. The topological polar surface area (TPSA) is 20.3 Å². The van der Waals surface area contributed by atoms with Gasteiger partial charge >= 0.3 is 0 Å². The lowest BCUT2D eigenvalue weighted by molar-refractivity contribution is 0.0988. The van der Waals surface area contributed by atoms with E-state index in [9.17, 15) is 4.79 Å². The number of benzene rings is 1. The van der Waals surface area contributed by atoms with Gasteiger partial charge in [0.15, 0.2) is 5.78 Å². The van der Waals surface area contributed by atoms with E-state index < -0.39 is 0 Å². The molecule has 2 nitrogen and oxygen atoms in total. The van der Waals surface area contributed by atoms with Crippen LogP contribution in [0.25, 0.3) is 0 Å². The number of halogens is 1. The highest BCUT2D eigenvalue weighted by molar-refractivity contribution is 9.10. The molecular weight excluding hydrogens is 266 g/mol. The van der Waals surface area contributed by atoms with Crippen molar-refractivity contribution in [2.45, 2.75) is 26.2 Å². The van der Waals surface area contributed by atoms with Gasteiger partial charge in [0, 0.05) is 35.2 Å². The molecule has 1 aromatic rings. The SMILES string of the molecule is CCC(=O)c1ccc(Br)cc1N1CCCC1. The van der Waals surface area contributed by atoms with Crippen LogP contribution in [0.15, 0.2) is 22.7 Å². The molecular formula is C13H16BrNO. The molecule has 1 aromatic carbocycles. The summed E-state index contributed by atoms with van der Waals surface area (Å²) in [7, 11) is 0. The first-order valence-electron chi connectivity index (χ1n) is 5.80. The second kappa shape index (κ2) is 5.00. The fourth-order valence-corrected chi connectivity index (χ4v) is 2.50. The highest BCUT2D eigenvalue weighted by Crippen LogP contribution is 2.28. The molecule has 3 heteroatoms. The normalized spacial score (nSPS) is 15.5. The average molecular weight is 282 g/mol. The molecule has 0 saturated carbocycles. The van der Waals surface area contributed by atoms with E-state index in [0.29, 0.717) is 6.42 Å². The van der Waals surface area contributed by atoms with E-state index in [1.54, 1.807) is 0 Å². The summed E-state index contributed by atoms with van der Waals surface area (Å²) in [5.74, 6) is 0.231. The molecule has 0 aromatic heterocycles. The summed E-state index contributed by atoms with van der Waals surface area (Å²) < 4.78 is 1.04. The molecule has 0 unspecified atom stereocenters. The van der Waals surface area contributed by atoms with Crippen LogP contribution in [0.1, 0.15) is 36.5 Å². The van der Waals surface area contributed by atoms with E-state index in [4.69, 9.17) is 0 Å². The molecule has 16 heavy (non-hydrogen) atoms. The summed E-state index contributed by atoms with van der Waals surface area (Å²) in [5.41, 5.74) is 1.96. The maximum atomic E-state index is 11.9. The van der Waals surface area contributed by atoms with Crippen molar-refractivity contribution in [3.63, 3.8) is 0 Å². The number of Topliss-reactive ketones (excluding diaryl/α,β-unsaturated/α-hetero) is 1. The van der Waals surface area contributed by atoms with Crippen LogP contribution in [-0.2, 0) is 0 Å². The second-order valence-corrected chi connectivity index (χ2v) is 5.05. The summed E-state index contributed by atoms with van der Waals surface area (Å²) in [6.07, 6.45) is 3.03. The van der Waals surface area contributed by atoms with Gasteiger partial charge in [-0.25, -0.2) is 0 Å². The Kier molecular flexibility index (Phi) is 3.64. The van der Waals surface area contributed by atoms with Gasteiger partial charge in [0.25, 0.3) is 0 Å². The van der Waals surface area contributed by atoms with Crippen LogP contribution in [0.4, 0.5) is 5.69 Å². The molecule has 0 aliphatic carbocycles. The molecule has 0 amide bonds. The first-order chi connectivity index (χ1) is 7.72. The fraction of sp³-hybridized carbons (Fsp3) is 0.462. The summed E-state index contributed by atoms with van der Waals surface area (Å²) >= 11 is 3.48. The van der Waals surface area contributed by atoms with Crippen LogP contribution < -0.4 is 4.90 Å². The smallest absolute Gasteiger partial charge is 0.164 e. The van der Waals surface area contributed by atoms with Crippen LogP contribution in [0, 0.1) is 0 Å². The van der Waals surface area contributed by atoms with Crippen LogP contribution in [0.5, 0.6) is 0 Å². The number of ketones is 1. The van der Waals surface area contributed by atoms with E-state index in [2.05, 4.69) is 26.9 Å². The minimum absolute atomic E-state index is 0.231. The lowest BCUT2D eigenvalue weighted by atomic mass is 10.1. The van der Waals surface area contributed by atoms with Crippen molar-refractivity contribution in [2.75, 3.05) is 18.0 Å². The van der Waals surface area contributed by atoms with Crippen LogP contribution in [0.2, 0.25) is 0 Å². The Morgan fingerprint density at radius 3 is 2.69 bits per heavy atom. The number of carbonyl (C=O) groups is 1. The van der Waals surface area contributed by atoms with Gasteiger partial charge in [0.2, 0.25) is 0 Å². The van der Waals surface area contributed by atoms with Crippen molar-refractivity contribution < 1.29 is 4.79 Å². The van der Waals surface area contributed by atoms with Gasteiger partial charge in [-0.2, -0.15) is 0 Å². The van der Waals surface area contributed by atoms with Gasteiger partial charge in [0.1, 0.15) is 0 Å². The molecule has 1 fully saturated rings. The number of carbonyl (C=O) groups excluding carboxylic acids is 1. The summed E-state index contributed by atoms with van der Waals surface area (Å²) in [6.45, 7) is 4.05. The van der Waals surface area contributed by atoms with E-state index in [-0.39, 0.29) is 5.78 Å². The van der Waals surface area contributed by atoms with Crippen molar-refractivity contribution in [1.29, 1.82) is 0 Å². The third kappa shape index (κ3) is 2.29. The van der Waals surface area contributed by atoms with E-state index >= 15 is 0 Å². The van der Waals surface area contributed by atoms with Crippen LogP contribution >= 0.6 is 15.9 Å². The predicted octanol–water partition coefficient (Wildman–Crippen LogP) is 3.64. The highest BCUT2D eigenvalue weighted by atomic mass is 79.9. The summed E-state index contributed by atoms with van der Waals surface area (Å²) in [5, 5.41) is 0. The van der Waals surface area contributed by atoms with Gasteiger partial charge in [0.05, 0.1) is 0 Å². The third-order valence-electron chi connectivity index (χ3n) is 3.03. The molecule has 1 saturated heterocycles. The van der Waals surface area contributed by atoms with E-state index in [0.717, 1.165) is 28.8 Å². The van der Waals surface area contributed by atoms with Gasteiger partial charge in [-0.3, -0.25) is 4.79 Å². The van der Waals surface area contributed by atoms with Crippen molar-refractivity contribution in [1.82, 2.24) is 0 Å². The maximum absolute atomic E-state index is 11.9. The highest BCUT2D eigenvalue weighted by Gasteiger charge is 2.18. The minimum Gasteiger partial charge on any atom is -0.371 e. The predicted molar refractivity (Wildman–Crippen MR) is 70.2 cm³/mol. The Bertz CT molecular complexity index is 397. The molecule has 1 aliphatic rings. The number of rotatable bonds is 3. The zero-order chi connectivity index (χ0) is 11.5. The largest absolute Gasteiger partial charge is 0.371 e. The number of hydrogen-bond donors (Lipinski definition) is 0. The summed E-state index contributed by atoms with van der Waals surface area (Å²) in [6, 6.07) is 5.94. The van der Waals surface area contributed by atoms with Gasteiger partial charge < -0.3 is 4.90 Å².